The van der Waals surface area contributed by atoms with Gasteiger partial charge >= 0.3 is 0 Å². The Labute approximate surface area is 171 Å². The number of nitrogens with one attached hydrogen (secondary N) is 1. The number of halogens is 1. The zero-order valence-electron chi connectivity index (χ0n) is 16.6. The Morgan fingerprint density at radius 3 is 2.21 bits per heavy atom. The number of sulfonamides is 1. The van der Waals surface area contributed by atoms with Crippen molar-refractivity contribution in [1.82, 2.24) is 9.62 Å². The molecular formula is C22H25FN2O3S. The van der Waals surface area contributed by atoms with Gasteiger partial charge in [-0.25, -0.2) is 12.8 Å². The predicted octanol–water partition coefficient (Wildman–Crippen LogP) is 3.56. The molecule has 0 aliphatic carbocycles. The second-order valence-corrected chi connectivity index (χ2v) is 9.96. The molecule has 5 nitrogen and oxygen atoms in total. The van der Waals surface area contributed by atoms with Gasteiger partial charge in [0.15, 0.2) is 0 Å². The number of rotatable bonds is 4. The van der Waals surface area contributed by atoms with Crippen LogP contribution in [0.3, 0.4) is 0 Å². The molecule has 2 fully saturated rings. The Morgan fingerprint density at radius 1 is 1.00 bits per heavy atom. The van der Waals surface area contributed by atoms with E-state index in [4.69, 9.17) is 0 Å². The first kappa shape index (κ1) is 20.0. The lowest BCUT2D eigenvalue weighted by Gasteiger charge is -2.38. The van der Waals surface area contributed by atoms with Gasteiger partial charge in [-0.15, -0.1) is 0 Å². The maximum absolute atomic E-state index is 13.3. The SMILES string of the molecule is Cc1ccc(S(=O)(=O)N2C3CCC2CC(NC(=O)c2ccc(F)cc2)C3)cc1C. The molecule has 0 saturated carbocycles. The maximum atomic E-state index is 13.3. The third-order valence-electron chi connectivity index (χ3n) is 6.16. The van der Waals surface area contributed by atoms with E-state index >= 15 is 0 Å². The van der Waals surface area contributed by atoms with Gasteiger partial charge in [-0.1, -0.05) is 6.07 Å². The largest absolute Gasteiger partial charge is 0.349 e. The fourth-order valence-corrected chi connectivity index (χ4v) is 6.49. The number of carbonyl (C=O) groups excluding carboxylic acids is 1. The predicted molar refractivity (Wildman–Crippen MR) is 109 cm³/mol. The number of carbonyl (C=O) groups is 1. The fraction of sp³-hybridized carbons (Fsp3) is 0.409. The van der Waals surface area contributed by atoms with Gasteiger partial charge in [-0.05, 0) is 87.1 Å². The van der Waals surface area contributed by atoms with E-state index in [-0.39, 0.29) is 29.8 Å². The summed E-state index contributed by atoms with van der Waals surface area (Å²) in [5.41, 5.74) is 2.43. The van der Waals surface area contributed by atoms with Crippen molar-refractivity contribution >= 4 is 15.9 Å². The first-order chi connectivity index (χ1) is 13.8. The Kier molecular flexibility index (Phi) is 5.21. The highest BCUT2D eigenvalue weighted by Gasteiger charge is 2.47. The van der Waals surface area contributed by atoms with Crippen molar-refractivity contribution in [3.05, 3.63) is 65.0 Å². The van der Waals surface area contributed by atoms with E-state index in [1.54, 1.807) is 16.4 Å². The molecule has 2 aliphatic rings. The summed E-state index contributed by atoms with van der Waals surface area (Å²) in [6, 6.07) is 10.4. The molecule has 2 aromatic rings. The molecule has 1 N–H and O–H groups in total. The standard InChI is InChI=1S/C22H25FN2O3S/c1-14-3-10-21(11-15(14)2)29(27,28)25-19-8-9-20(25)13-18(12-19)24-22(26)16-4-6-17(23)7-5-16/h3-7,10-11,18-20H,8-9,12-13H2,1-2H3,(H,24,26). The van der Waals surface area contributed by atoms with Crippen molar-refractivity contribution in [3.63, 3.8) is 0 Å². The van der Waals surface area contributed by atoms with E-state index in [0.29, 0.717) is 23.3 Å². The summed E-state index contributed by atoms with van der Waals surface area (Å²) >= 11 is 0. The zero-order valence-corrected chi connectivity index (χ0v) is 17.4. The van der Waals surface area contributed by atoms with Gasteiger partial charge in [-0.3, -0.25) is 4.79 Å². The summed E-state index contributed by atoms with van der Waals surface area (Å²) in [6.45, 7) is 3.88. The van der Waals surface area contributed by atoms with E-state index in [9.17, 15) is 17.6 Å². The summed E-state index contributed by atoms with van der Waals surface area (Å²) < 4.78 is 41.3. The Balaban J connectivity index is 1.49. The van der Waals surface area contributed by atoms with E-state index in [2.05, 4.69) is 5.32 Å². The van der Waals surface area contributed by atoms with Crippen molar-refractivity contribution < 1.29 is 17.6 Å². The van der Waals surface area contributed by atoms with Crippen LogP contribution in [0.1, 0.15) is 47.2 Å². The van der Waals surface area contributed by atoms with Crippen molar-refractivity contribution in [2.24, 2.45) is 0 Å². The van der Waals surface area contributed by atoms with Crippen LogP contribution in [0.15, 0.2) is 47.4 Å². The lowest BCUT2D eigenvalue weighted by Crippen LogP contribution is -2.52. The highest BCUT2D eigenvalue weighted by atomic mass is 32.2. The molecule has 2 aliphatic heterocycles. The number of amides is 1. The van der Waals surface area contributed by atoms with Crippen molar-refractivity contribution in [2.75, 3.05) is 0 Å². The number of piperidine rings is 1. The molecule has 0 spiro atoms. The molecule has 2 saturated heterocycles. The Morgan fingerprint density at radius 2 is 1.62 bits per heavy atom. The van der Waals surface area contributed by atoms with E-state index in [1.165, 1.54) is 24.3 Å². The average Bonchev–Trinajstić information content (AvgIpc) is 2.96. The van der Waals surface area contributed by atoms with E-state index < -0.39 is 10.0 Å². The Bertz CT molecular complexity index is 1020. The molecule has 154 valence electrons. The van der Waals surface area contributed by atoms with E-state index in [0.717, 1.165) is 24.0 Å². The van der Waals surface area contributed by atoms with Crippen LogP contribution >= 0.6 is 0 Å². The molecule has 2 bridgehead atoms. The molecule has 2 heterocycles. The number of nitrogens with zero attached hydrogens (tertiary/aromatic N) is 1. The number of fused-ring (bicyclic) bond motifs is 2. The average molecular weight is 417 g/mol. The van der Waals surface area contributed by atoms with Crippen LogP contribution in [0.25, 0.3) is 0 Å². The van der Waals surface area contributed by atoms with Crippen molar-refractivity contribution in [1.29, 1.82) is 0 Å². The lowest BCUT2D eigenvalue weighted by atomic mass is 9.99. The number of hydrogen-bond acceptors (Lipinski definition) is 3. The molecule has 7 heteroatoms. The third-order valence-corrected chi connectivity index (χ3v) is 8.16. The normalized spacial score (nSPS) is 24.4. The summed E-state index contributed by atoms with van der Waals surface area (Å²) in [6.07, 6.45) is 2.79. The summed E-state index contributed by atoms with van der Waals surface area (Å²) in [4.78, 5) is 12.8. The van der Waals surface area contributed by atoms with Crippen LogP contribution in [0.5, 0.6) is 0 Å². The fourth-order valence-electron chi connectivity index (χ4n) is 4.51. The quantitative estimate of drug-likeness (QED) is 0.829. The molecule has 0 aromatic heterocycles. The van der Waals surface area contributed by atoms with Crippen LogP contribution in [0.4, 0.5) is 4.39 Å². The third kappa shape index (κ3) is 3.81. The summed E-state index contributed by atoms with van der Waals surface area (Å²) in [5.74, 6) is -0.635. The maximum Gasteiger partial charge on any atom is 0.251 e. The number of hydrogen-bond donors (Lipinski definition) is 1. The topological polar surface area (TPSA) is 66.5 Å². The smallest absolute Gasteiger partial charge is 0.251 e. The number of benzene rings is 2. The van der Waals surface area contributed by atoms with Crippen LogP contribution < -0.4 is 5.32 Å². The van der Waals surface area contributed by atoms with E-state index in [1.807, 2.05) is 19.9 Å². The number of aryl methyl sites for hydroxylation is 2. The van der Waals surface area contributed by atoms with Gasteiger partial charge in [0.1, 0.15) is 5.82 Å². The van der Waals surface area contributed by atoms with Crippen LogP contribution in [0, 0.1) is 19.7 Å². The molecule has 29 heavy (non-hydrogen) atoms. The minimum absolute atomic E-state index is 0.0868. The molecule has 2 aromatic carbocycles. The van der Waals surface area contributed by atoms with Gasteiger partial charge in [0.25, 0.3) is 5.91 Å². The lowest BCUT2D eigenvalue weighted by molar-refractivity contribution is 0.0909. The minimum Gasteiger partial charge on any atom is -0.349 e. The van der Waals surface area contributed by atoms with Gasteiger partial charge in [0.2, 0.25) is 10.0 Å². The second kappa shape index (κ2) is 7.54. The molecule has 1 amide bonds. The molecule has 4 rings (SSSR count). The summed E-state index contributed by atoms with van der Waals surface area (Å²) in [5, 5.41) is 3.00. The van der Waals surface area contributed by atoms with Gasteiger partial charge in [-0.2, -0.15) is 4.31 Å². The first-order valence-corrected chi connectivity index (χ1v) is 11.4. The van der Waals surface area contributed by atoms with Gasteiger partial charge in [0, 0.05) is 23.7 Å². The molecule has 0 radical (unpaired) electrons. The van der Waals surface area contributed by atoms with Crippen LogP contribution in [-0.4, -0.2) is 36.8 Å². The molecular weight excluding hydrogens is 391 g/mol. The van der Waals surface area contributed by atoms with Crippen molar-refractivity contribution in [3.8, 4) is 0 Å². The molecule has 2 unspecified atom stereocenters. The second-order valence-electron chi connectivity index (χ2n) is 8.11. The van der Waals surface area contributed by atoms with Crippen LogP contribution in [0.2, 0.25) is 0 Å². The minimum atomic E-state index is -3.57. The highest BCUT2D eigenvalue weighted by molar-refractivity contribution is 7.89. The Hall–Kier alpha value is -2.25. The van der Waals surface area contributed by atoms with Crippen molar-refractivity contribution in [2.45, 2.75) is 62.6 Å². The highest BCUT2D eigenvalue weighted by Crippen LogP contribution is 2.40. The first-order valence-electron chi connectivity index (χ1n) is 9.93. The monoisotopic (exact) mass is 416 g/mol. The van der Waals surface area contributed by atoms with Crippen LogP contribution in [-0.2, 0) is 10.0 Å². The van der Waals surface area contributed by atoms with Gasteiger partial charge < -0.3 is 5.32 Å². The summed E-state index contributed by atoms with van der Waals surface area (Å²) in [7, 11) is -3.57. The zero-order chi connectivity index (χ0) is 20.8. The van der Waals surface area contributed by atoms with Gasteiger partial charge in [0.05, 0.1) is 4.90 Å². The molecule has 2 atom stereocenters.